The van der Waals surface area contributed by atoms with E-state index in [4.69, 9.17) is 0 Å². The summed E-state index contributed by atoms with van der Waals surface area (Å²) in [5, 5.41) is 0. The number of hydrogen-bond donors (Lipinski definition) is 2. The Hall–Kier alpha value is -1.35. The maximum Gasteiger partial charge on any atom is 0.265 e. The molecule has 0 aliphatic carbocycles. The summed E-state index contributed by atoms with van der Waals surface area (Å²) in [5.74, 6) is -0.0603. The SMILES string of the molecule is CC1(C)NNC(=O)c2ccccc21. The Morgan fingerprint density at radius 1 is 1.23 bits per heavy atom. The van der Waals surface area contributed by atoms with E-state index in [0.29, 0.717) is 0 Å². The molecule has 0 spiro atoms. The first-order chi connectivity index (χ1) is 6.11. The third-order valence-electron chi connectivity index (χ3n) is 2.33. The number of hydrogen-bond acceptors (Lipinski definition) is 2. The van der Waals surface area contributed by atoms with Gasteiger partial charge in [0.1, 0.15) is 0 Å². The van der Waals surface area contributed by atoms with Crippen LogP contribution in [0.25, 0.3) is 0 Å². The van der Waals surface area contributed by atoms with Crippen LogP contribution in [-0.4, -0.2) is 5.91 Å². The summed E-state index contributed by atoms with van der Waals surface area (Å²) in [5.41, 5.74) is 7.21. The predicted molar refractivity (Wildman–Crippen MR) is 50.1 cm³/mol. The fourth-order valence-corrected chi connectivity index (χ4v) is 1.57. The van der Waals surface area contributed by atoms with Crippen molar-refractivity contribution in [3.63, 3.8) is 0 Å². The molecule has 0 aromatic heterocycles. The van der Waals surface area contributed by atoms with E-state index in [1.54, 1.807) is 0 Å². The van der Waals surface area contributed by atoms with Gasteiger partial charge in [-0.2, -0.15) is 0 Å². The van der Waals surface area contributed by atoms with Gasteiger partial charge in [0.2, 0.25) is 0 Å². The number of carbonyl (C=O) groups is 1. The minimum Gasteiger partial charge on any atom is -0.287 e. The van der Waals surface area contributed by atoms with Crippen molar-refractivity contribution in [2.45, 2.75) is 19.4 Å². The molecule has 1 aromatic carbocycles. The molecular weight excluding hydrogens is 164 g/mol. The fraction of sp³-hybridized carbons (Fsp3) is 0.300. The van der Waals surface area contributed by atoms with E-state index in [1.165, 1.54) is 0 Å². The zero-order valence-corrected chi connectivity index (χ0v) is 7.72. The minimum atomic E-state index is -0.190. The molecule has 1 amide bonds. The molecule has 1 heterocycles. The maximum absolute atomic E-state index is 11.4. The molecule has 0 saturated heterocycles. The normalized spacial score (nSPS) is 19.1. The van der Waals surface area contributed by atoms with Crippen LogP contribution in [-0.2, 0) is 5.54 Å². The number of hydrazine groups is 1. The summed E-state index contributed by atoms with van der Waals surface area (Å²) < 4.78 is 0. The molecule has 1 aliphatic heterocycles. The van der Waals surface area contributed by atoms with E-state index in [0.717, 1.165) is 11.1 Å². The molecule has 1 aliphatic rings. The standard InChI is InChI=1S/C10H12N2O/c1-10(2)8-6-4-3-5-7(8)9(13)11-12-10/h3-6,12H,1-2H3,(H,11,13). The third-order valence-corrected chi connectivity index (χ3v) is 2.33. The second-order valence-electron chi connectivity index (χ2n) is 3.75. The van der Waals surface area contributed by atoms with E-state index >= 15 is 0 Å². The third kappa shape index (κ3) is 1.21. The number of carbonyl (C=O) groups excluding carboxylic acids is 1. The second-order valence-corrected chi connectivity index (χ2v) is 3.75. The number of fused-ring (bicyclic) bond motifs is 1. The van der Waals surface area contributed by atoms with Gasteiger partial charge in [-0.3, -0.25) is 10.2 Å². The van der Waals surface area contributed by atoms with Gasteiger partial charge in [-0.15, -0.1) is 0 Å². The van der Waals surface area contributed by atoms with E-state index in [-0.39, 0.29) is 11.4 Å². The van der Waals surface area contributed by atoms with E-state index in [9.17, 15) is 4.79 Å². The van der Waals surface area contributed by atoms with Gasteiger partial charge in [0.05, 0.1) is 5.54 Å². The summed E-state index contributed by atoms with van der Waals surface area (Å²) >= 11 is 0. The van der Waals surface area contributed by atoms with Crippen molar-refractivity contribution in [3.05, 3.63) is 35.4 Å². The molecule has 68 valence electrons. The Labute approximate surface area is 77.1 Å². The molecular formula is C10H12N2O. The summed E-state index contributed by atoms with van der Waals surface area (Å²) in [4.78, 5) is 11.4. The zero-order chi connectivity index (χ0) is 9.47. The van der Waals surface area contributed by atoms with Crippen molar-refractivity contribution in [2.75, 3.05) is 0 Å². The van der Waals surface area contributed by atoms with Gasteiger partial charge in [-0.1, -0.05) is 18.2 Å². The van der Waals surface area contributed by atoms with Crippen LogP contribution in [0, 0.1) is 0 Å². The largest absolute Gasteiger partial charge is 0.287 e. The quantitative estimate of drug-likeness (QED) is 0.623. The highest BCUT2D eigenvalue weighted by Gasteiger charge is 2.30. The molecule has 0 unspecified atom stereocenters. The molecule has 2 rings (SSSR count). The zero-order valence-electron chi connectivity index (χ0n) is 7.72. The number of benzene rings is 1. The van der Waals surface area contributed by atoms with Gasteiger partial charge in [0.25, 0.3) is 5.91 Å². The first-order valence-corrected chi connectivity index (χ1v) is 4.28. The lowest BCUT2D eigenvalue weighted by Gasteiger charge is -2.33. The summed E-state index contributed by atoms with van der Waals surface area (Å²) in [7, 11) is 0. The molecule has 13 heavy (non-hydrogen) atoms. The van der Waals surface area contributed by atoms with Crippen molar-refractivity contribution < 1.29 is 4.79 Å². The molecule has 0 radical (unpaired) electrons. The average molecular weight is 176 g/mol. The average Bonchev–Trinajstić information content (AvgIpc) is 2.13. The predicted octanol–water partition coefficient (Wildman–Crippen LogP) is 1.17. The molecule has 0 fully saturated rings. The summed E-state index contributed by atoms with van der Waals surface area (Å²) in [6, 6.07) is 7.63. The fourth-order valence-electron chi connectivity index (χ4n) is 1.57. The van der Waals surface area contributed by atoms with Crippen LogP contribution >= 0.6 is 0 Å². The Morgan fingerprint density at radius 3 is 2.62 bits per heavy atom. The van der Waals surface area contributed by atoms with Gasteiger partial charge in [-0.05, 0) is 25.5 Å². The van der Waals surface area contributed by atoms with Crippen molar-refractivity contribution in [1.29, 1.82) is 0 Å². The van der Waals surface area contributed by atoms with Gasteiger partial charge in [0.15, 0.2) is 0 Å². The molecule has 1 aromatic rings. The van der Waals surface area contributed by atoms with Crippen LogP contribution in [0.15, 0.2) is 24.3 Å². The van der Waals surface area contributed by atoms with E-state index in [1.807, 2.05) is 38.1 Å². The summed E-state index contributed by atoms with van der Waals surface area (Å²) in [6.07, 6.45) is 0. The number of rotatable bonds is 0. The Bertz CT molecular complexity index is 358. The lowest BCUT2D eigenvalue weighted by molar-refractivity contribution is 0.0884. The van der Waals surface area contributed by atoms with Crippen LogP contribution in [0.3, 0.4) is 0 Å². The minimum absolute atomic E-state index is 0.0603. The lowest BCUT2D eigenvalue weighted by Crippen LogP contribution is -2.53. The van der Waals surface area contributed by atoms with Crippen LogP contribution in [0.1, 0.15) is 29.8 Å². The Morgan fingerprint density at radius 2 is 1.92 bits per heavy atom. The molecule has 0 saturated carbocycles. The number of amides is 1. The Kier molecular flexibility index (Phi) is 1.63. The number of nitrogens with one attached hydrogen (secondary N) is 2. The highest BCUT2D eigenvalue weighted by molar-refractivity contribution is 5.96. The van der Waals surface area contributed by atoms with Crippen LogP contribution in [0.2, 0.25) is 0 Å². The van der Waals surface area contributed by atoms with Crippen molar-refractivity contribution in [3.8, 4) is 0 Å². The monoisotopic (exact) mass is 176 g/mol. The second kappa shape index (κ2) is 2.57. The molecule has 3 nitrogen and oxygen atoms in total. The Balaban J connectivity index is 2.61. The maximum atomic E-state index is 11.4. The van der Waals surface area contributed by atoms with Crippen molar-refractivity contribution in [1.82, 2.24) is 10.9 Å². The summed E-state index contributed by atoms with van der Waals surface area (Å²) in [6.45, 7) is 4.07. The molecule has 3 heteroatoms. The van der Waals surface area contributed by atoms with Gasteiger partial charge in [-0.25, -0.2) is 5.43 Å². The highest BCUT2D eigenvalue weighted by Crippen LogP contribution is 2.25. The smallest absolute Gasteiger partial charge is 0.265 e. The van der Waals surface area contributed by atoms with Gasteiger partial charge >= 0.3 is 0 Å². The lowest BCUT2D eigenvalue weighted by atomic mass is 9.89. The first kappa shape index (κ1) is 8.26. The van der Waals surface area contributed by atoms with E-state index in [2.05, 4.69) is 10.9 Å². The van der Waals surface area contributed by atoms with Crippen LogP contribution in [0.5, 0.6) is 0 Å². The van der Waals surface area contributed by atoms with Crippen LogP contribution in [0.4, 0.5) is 0 Å². The van der Waals surface area contributed by atoms with Gasteiger partial charge in [0, 0.05) is 5.56 Å². The topological polar surface area (TPSA) is 41.1 Å². The van der Waals surface area contributed by atoms with E-state index < -0.39 is 0 Å². The van der Waals surface area contributed by atoms with Crippen LogP contribution < -0.4 is 10.9 Å². The highest BCUT2D eigenvalue weighted by atomic mass is 16.2. The van der Waals surface area contributed by atoms with Crippen molar-refractivity contribution in [2.24, 2.45) is 0 Å². The molecule has 0 bridgehead atoms. The molecule has 0 atom stereocenters. The van der Waals surface area contributed by atoms with Crippen molar-refractivity contribution >= 4 is 5.91 Å². The first-order valence-electron chi connectivity index (χ1n) is 4.28. The van der Waals surface area contributed by atoms with Gasteiger partial charge < -0.3 is 0 Å². The molecule has 2 N–H and O–H groups in total.